The zero-order valence-corrected chi connectivity index (χ0v) is 14.3. The number of primary sulfonamides is 1. The number of ether oxygens (including phenoxy) is 1. The van der Waals surface area contributed by atoms with Crippen LogP contribution in [-0.4, -0.2) is 43.7 Å². The molecule has 1 aromatic rings. The van der Waals surface area contributed by atoms with Gasteiger partial charge in [-0.2, -0.15) is 0 Å². The monoisotopic (exact) mass is 350 g/mol. The molecule has 0 unspecified atom stereocenters. The van der Waals surface area contributed by atoms with E-state index in [9.17, 15) is 13.2 Å². The van der Waals surface area contributed by atoms with E-state index in [4.69, 9.17) is 9.88 Å². The van der Waals surface area contributed by atoms with Crippen LogP contribution in [0, 0.1) is 0 Å². The smallest absolute Gasteiger partial charge is 0.222 e. The van der Waals surface area contributed by atoms with Gasteiger partial charge in [0, 0.05) is 37.9 Å². The first kappa shape index (κ1) is 17.0. The lowest BCUT2D eigenvalue weighted by Gasteiger charge is -2.42. The molecular formula is C17H22N2O4S. The molecular weight excluding hydrogens is 328 g/mol. The van der Waals surface area contributed by atoms with Crippen LogP contribution in [0.3, 0.4) is 0 Å². The lowest BCUT2D eigenvalue weighted by Crippen LogP contribution is -2.49. The minimum Gasteiger partial charge on any atom is -0.482 e. The SMILES string of the molecule is NS(=O)(=O)CCCC(=O)N1CCC2(C=Cc3ccccc3O2)CC1. The highest BCUT2D eigenvalue weighted by atomic mass is 32.2. The lowest BCUT2D eigenvalue weighted by molar-refractivity contribution is -0.133. The van der Waals surface area contributed by atoms with E-state index in [0.29, 0.717) is 13.1 Å². The number of benzene rings is 1. The maximum Gasteiger partial charge on any atom is 0.222 e. The third-order valence-electron chi connectivity index (χ3n) is 4.58. The zero-order valence-electron chi connectivity index (χ0n) is 13.5. The second kappa shape index (κ2) is 6.57. The number of amides is 1. The summed E-state index contributed by atoms with van der Waals surface area (Å²) in [6, 6.07) is 7.91. The molecule has 2 aliphatic rings. The molecule has 2 heterocycles. The molecule has 3 rings (SSSR count). The average Bonchev–Trinajstić information content (AvgIpc) is 2.54. The molecule has 130 valence electrons. The number of piperidine rings is 1. The van der Waals surface area contributed by atoms with Gasteiger partial charge in [0.15, 0.2) is 0 Å². The maximum absolute atomic E-state index is 12.2. The fraction of sp³-hybridized carbons (Fsp3) is 0.471. The second-order valence-corrected chi connectivity index (χ2v) is 8.12. The number of nitrogens with two attached hydrogens (primary N) is 1. The van der Waals surface area contributed by atoms with Crippen molar-refractivity contribution < 1.29 is 17.9 Å². The van der Waals surface area contributed by atoms with Crippen molar-refractivity contribution in [2.45, 2.75) is 31.3 Å². The molecule has 0 atom stereocenters. The van der Waals surface area contributed by atoms with Crippen molar-refractivity contribution in [2.75, 3.05) is 18.8 Å². The van der Waals surface area contributed by atoms with Gasteiger partial charge in [0.25, 0.3) is 0 Å². The van der Waals surface area contributed by atoms with Gasteiger partial charge in [-0.25, -0.2) is 13.6 Å². The quantitative estimate of drug-likeness (QED) is 0.891. The molecule has 1 amide bonds. The van der Waals surface area contributed by atoms with Crippen molar-refractivity contribution in [1.82, 2.24) is 4.90 Å². The van der Waals surface area contributed by atoms with Crippen LogP contribution < -0.4 is 9.88 Å². The molecule has 0 radical (unpaired) electrons. The Balaban J connectivity index is 1.54. The molecule has 2 aliphatic heterocycles. The number of hydrogen-bond acceptors (Lipinski definition) is 4. The minimum absolute atomic E-state index is 0.0197. The first-order chi connectivity index (χ1) is 11.4. The Bertz CT molecular complexity index is 750. The molecule has 24 heavy (non-hydrogen) atoms. The summed E-state index contributed by atoms with van der Waals surface area (Å²) in [5.74, 6) is 0.709. The standard InChI is InChI=1S/C17H22N2O4S/c18-24(21,22)13-3-6-16(20)19-11-9-17(10-12-19)8-7-14-4-1-2-5-15(14)23-17/h1-2,4-5,7-8H,3,6,9-13H2,(H2,18,21,22). The topological polar surface area (TPSA) is 89.7 Å². The molecule has 7 heteroatoms. The number of nitrogens with zero attached hydrogens (tertiary/aromatic N) is 1. The van der Waals surface area contributed by atoms with E-state index in [-0.39, 0.29) is 30.1 Å². The Labute approximate surface area is 142 Å². The molecule has 0 saturated carbocycles. The Kier molecular flexibility index (Phi) is 4.64. The van der Waals surface area contributed by atoms with E-state index >= 15 is 0 Å². The summed E-state index contributed by atoms with van der Waals surface area (Å²) >= 11 is 0. The van der Waals surface area contributed by atoms with Gasteiger partial charge in [-0.15, -0.1) is 0 Å². The summed E-state index contributed by atoms with van der Waals surface area (Å²) in [7, 11) is -3.50. The zero-order chi connectivity index (χ0) is 17.2. The van der Waals surface area contributed by atoms with E-state index in [1.165, 1.54) is 0 Å². The fourth-order valence-electron chi connectivity index (χ4n) is 3.19. The van der Waals surface area contributed by atoms with Crippen molar-refractivity contribution >= 4 is 22.0 Å². The number of para-hydroxylation sites is 1. The van der Waals surface area contributed by atoms with Crippen LogP contribution in [0.15, 0.2) is 30.3 Å². The third kappa shape index (κ3) is 3.96. The third-order valence-corrected chi connectivity index (χ3v) is 5.44. The number of carbonyl (C=O) groups excluding carboxylic acids is 1. The first-order valence-electron chi connectivity index (χ1n) is 8.12. The van der Waals surface area contributed by atoms with Crippen molar-refractivity contribution in [3.8, 4) is 5.75 Å². The second-order valence-electron chi connectivity index (χ2n) is 6.39. The van der Waals surface area contributed by atoms with E-state index < -0.39 is 10.0 Å². The van der Waals surface area contributed by atoms with Crippen LogP contribution in [0.5, 0.6) is 5.75 Å². The molecule has 0 bridgehead atoms. The van der Waals surface area contributed by atoms with Crippen LogP contribution >= 0.6 is 0 Å². The first-order valence-corrected chi connectivity index (χ1v) is 9.84. The Morgan fingerprint density at radius 1 is 1.25 bits per heavy atom. The van der Waals surface area contributed by atoms with Gasteiger partial charge >= 0.3 is 0 Å². The summed E-state index contributed by atoms with van der Waals surface area (Å²) in [6.07, 6.45) is 6.13. The summed E-state index contributed by atoms with van der Waals surface area (Å²) in [5, 5.41) is 4.96. The summed E-state index contributed by atoms with van der Waals surface area (Å²) in [4.78, 5) is 14.0. The van der Waals surface area contributed by atoms with Gasteiger partial charge in [-0.05, 0) is 18.6 Å². The molecule has 1 saturated heterocycles. The Morgan fingerprint density at radius 2 is 1.96 bits per heavy atom. The molecule has 1 aromatic carbocycles. The predicted molar refractivity (Wildman–Crippen MR) is 91.9 cm³/mol. The number of carbonyl (C=O) groups is 1. The number of sulfonamides is 1. The summed E-state index contributed by atoms with van der Waals surface area (Å²) < 4.78 is 28.0. The van der Waals surface area contributed by atoms with Gasteiger partial charge in [-0.1, -0.05) is 24.3 Å². The van der Waals surface area contributed by atoms with Gasteiger partial charge in [0.1, 0.15) is 11.4 Å². The van der Waals surface area contributed by atoms with E-state index in [0.717, 1.165) is 24.2 Å². The van der Waals surface area contributed by atoms with Gasteiger partial charge in [0.2, 0.25) is 15.9 Å². The predicted octanol–water partition coefficient (Wildman–Crippen LogP) is 1.52. The van der Waals surface area contributed by atoms with E-state index in [2.05, 4.69) is 12.2 Å². The highest BCUT2D eigenvalue weighted by Gasteiger charge is 2.37. The van der Waals surface area contributed by atoms with Crippen LogP contribution in [-0.2, 0) is 14.8 Å². The number of fused-ring (bicyclic) bond motifs is 1. The molecule has 0 aromatic heterocycles. The molecule has 2 N–H and O–H groups in total. The number of rotatable bonds is 4. The molecule has 1 spiro atoms. The van der Waals surface area contributed by atoms with Gasteiger partial charge in [-0.3, -0.25) is 4.79 Å². The van der Waals surface area contributed by atoms with Crippen molar-refractivity contribution in [2.24, 2.45) is 5.14 Å². The average molecular weight is 350 g/mol. The van der Waals surface area contributed by atoms with Gasteiger partial charge in [0.05, 0.1) is 5.75 Å². The number of hydrogen-bond donors (Lipinski definition) is 1. The fourth-order valence-corrected chi connectivity index (χ4v) is 3.74. The molecule has 1 fully saturated rings. The summed E-state index contributed by atoms with van der Waals surface area (Å²) in [6.45, 7) is 1.22. The molecule has 0 aliphatic carbocycles. The van der Waals surface area contributed by atoms with Crippen molar-refractivity contribution in [3.63, 3.8) is 0 Å². The van der Waals surface area contributed by atoms with Crippen molar-refractivity contribution in [1.29, 1.82) is 0 Å². The largest absolute Gasteiger partial charge is 0.482 e. The highest BCUT2D eigenvalue weighted by molar-refractivity contribution is 7.89. The Morgan fingerprint density at radius 3 is 2.67 bits per heavy atom. The summed E-state index contributed by atoms with van der Waals surface area (Å²) in [5.41, 5.74) is 0.732. The highest BCUT2D eigenvalue weighted by Crippen LogP contribution is 2.36. The van der Waals surface area contributed by atoms with Gasteiger partial charge < -0.3 is 9.64 Å². The molecule has 6 nitrogen and oxygen atoms in total. The van der Waals surface area contributed by atoms with Crippen LogP contribution in [0.4, 0.5) is 0 Å². The normalized spacial score (nSPS) is 19.0. The van der Waals surface area contributed by atoms with E-state index in [1.807, 2.05) is 24.3 Å². The number of likely N-dealkylation sites (tertiary alicyclic amines) is 1. The maximum atomic E-state index is 12.2. The minimum atomic E-state index is -3.50. The lowest BCUT2D eigenvalue weighted by atomic mass is 9.88. The van der Waals surface area contributed by atoms with Crippen LogP contribution in [0.2, 0.25) is 0 Å². The van der Waals surface area contributed by atoms with Crippen LogP contribution in [0.25, 0.3) is 6.08 Å². The van der Waals surface area contributed by atoms with E-state index in [1.54, 1.807) is 4.90 Å². The van der Waals surface area contributed by atoms with Crippen LogP contribution in [0.1, 0.15) is 31.2 Å². The Hall–Kier alpha value is -1.86. The van der Waals surface area contributed by atoms with Crippen molar-refractivity contribution in [3.05, 3.63) is 35.9 Å².